The summed E-state index contributed by atoms with van der Waals surface area (Å²) in [5, 5.41) is 31.5. The minimum atomic E-state index is -0.997. The summed E-state index contributed by atoms with van der Waals surface area (Å²) in [5.41, 5.74) is 7.98. The lowest BCUT2D eigenvalue weighted by Crippen LogP contribution is -2.25. The first-order valence-corrected chi connectivity index (χ1v) is 9.86. The largest absolute Gasteiger partial charge is 0.504 e. The third kappa shape index (κ3) is 5.07. The Morgan fingerprint density at radius 1 is 1.13 bits per heavy atom. The molecule has 0 aliphatic rings. The number of carboxylic acids is 1. The van der Waals surface area contributed by atoms with Crippen molar-refractivity contribution >= 4 is 34.7 Å². The number of thiocarbonyl (C=S) groups is 1. The van der Waals surface area contributed by atoms with E-state index in [0.717, 1.165) is 16.7 Å². The van der Waals surface area contributed by atoms with Crippen LogP contribution in [0.2, 0.25) is 0 Å². The Morgan fingerprint density at radius 2 is 1.74 bits per heavy atom. The minimum Gasteiger partial charge on any atom is -0.504 e. The molecule has 0 saturated carbocycles. The number of nitrogens with one attached hydrogen (secondary N) is 2. The number of nitrogens with zero attached hydrogens (tertiary/aromatic N) is 3. The third-order valence-corrected chi connectivity index (χ3v) is 4.77. The average molecular weight is 438 g/mol. The molecule has 0 amide bonds. The van der Waals surface area contributed by atoms with Crippen LogP contribution in [0, 0.1) is 13.8 Å². The van der Waals surface area contributed by atoms with Gasteiger partial charge in [-0.15, -0.1) is 0 Å². The van der Waals surface area contributed by atoms with Gasteiger partial charge in [0.1, 0.15) is 5.69 Å². The first-order chi connectivity index (χ1) is 14.7. The molecule has 4 N–H and O–H groups in total. The number of anilines is 1. The molecular weight excluding hydrogens is 414 g/mol. The van der Waals surface area contributed by atoms with E-state index in [-0.39, 0.29) is 16.4 Å². The molecule has 0 saturated heterocycles. The van der Waals surface area contributed by atoms with Crippen molar-refractivity contribution < 1.29 is 15.0 Å². The van der Waals surface area contributed by atoms with Crippen molar-refractivity contribution in [2.75, 3.05) is 5.32 Å². The van der Waals surface area contributed by atoms with Gasteiger partial charge in [0.2, 0.25) is 0 Å². The second-order valence-corrected chi connectivity index (χ2v) is 7.60. The Kier molecular flexibility index (Phi) is 6.36. The number of hydrogen-bond donors (Lipinski definition) is 4. The zero-order valence-corrected chi connectivity index (χ0v) is 18.4. The first kappa shape index (κ1) is 22.0. The number of hydrogen-bond acceptors (Lipinski definition) is 5. The van der Waals surface area contributed by atoms with Crippen LogP contribution in [0.1, 0.15) is 34.1 Å². The van der Waals surface area contributed by atoms with E-state index in [0.29, 0.717) is 22.8 Å². The molecule has 8 nitrogen and oxygen atoms in total. The summed E-state index contributed by atoms with van der Waals surface area (Å²) in [6, 6.07) is 12.2. The second-order valence-electron chi connectivity index (χ2n) is 7.19. The van der Waals surface area contributed by atoms with Gasteiger partial charge in [-0.2, -0.15) is 10.2 Å². The lowest BCUT2D eigenvalue weighted by molar-refractivity contribution is 0.0697. The standard InChI is InChI=1S/C22H23N5O3S/c1-12-9-13(2)11-16(10-12)19-20(28)18(26-27(19)4)14(3)24-25-22(31)23-17-7-5-15(6-8-17)21(29)30/h5-11,28H,1-4H3,(H,29,30)(H2,23,25,31)/b24-14+. The Hall–Kier alpha value is -3.72. The molecular formula is C22H23N5O3S. The Labute approximate surface area is 185 Å². The van der Waals surface area contributed by atoms with Gasteiger partial charge in [-0.05, 0) is 69.4 Å². The van der Waals surface area contributed by atoms with Crippen molar-refractivity contribution in [3.8, 4) is 17.0 Å². The predicted octanol–water partition coefficient (Wildman–Crippen LogP) is 3.82. The van der Waals surface area contributed by atoms with Crippen molar-refractivity contribution in [2.24, 2.45) is 12.1 Å². The Bertz CT molecular complexity index is 1160. The molecule has 0 spiro atoms. The zero-order valence-electron chi connectivity index (χ0n) is 17.6. The van der Waals surface area contributed by atoms with Crippen molar-refractivity contribution in [1.29, 1.82) is 0 Å². The lowest BCUT2D eigenvalue weighted by atomic mass is 10.0. The van der Waals surface area contributed by atoms with E-state index >= 15 is 0 Å². The van der Waals surface area contributed by atoms with E-state index in [1.54, 1.807) is 30.8 Å². The molecule has 0 aliphatic carbocycles. The fraction of sp³-hybridized carbons (Fsp3) is 0.182. The zero-order chi connectivity index (χ0) is 22.7. The smallest absolute Gasteiger partial charge is 0.335 e. The van der Waals surface area contributed by atoms with Crippen LogP contribution in [-0.4, -0.2) is 36.8 Å². The molecule has 160 valence electrons. The number of aromatic carboxylic acids is 1. The summed E-state index contributed by atoms with van der Waals surface area (Å²) in [7, 11) is 1.77. The van der Waals surface area contributed by atoms with Gasteiger partial charge >= 0.3 is 5.97 Å². The van der Waals surface area contributed by atoms with E-state index in [1.165, 1.54) is 12.1 Å². The van der Waals surface area contributed by atoms with Crippen molar-refractivity contribution in [2.45, 2.75) is 20.8 Å². The monoisotopic (exact) mass is 437 g/mol. The molecule has 0 atom stereocenters. The van der Waals surface area contributed by atoms with E-state index in [9.17, 15) is 9.90 Å². The molecule has 3 aromatic rings. The van der Waals surface area contributed by atoms with Gasteiger partial charge in [0.15, 0.2) is 16.6 Å². The van der Waals surface area contributed by atoms with E-state index in [1.807, 2.05) is 26.0 Å². The van der Waals surface area contributed by atoms with Crippen LogP contribution in [0.3, 0.4) is 0 Å². The highest BCUT2D eigenvalue weighted by atomic mass is 32.1. The van der Waals surface area contributed by atoms with Gasteiger partial charge < -0.3 is 15.5 Å². The van der Waals surface area contributed by atoms with Gasteiger partial charge in [0.25, 0.3) is 0 Å². The minimum absolute atomic E-state index is 0.0405. The molecule has 31 heavy (non-hydrogen) atoms. The fourth-order valence-electron chi connectivity index (χ4n) is 3.23. The number of benzene rings is 2. The highest BCUT2D eigenvalue weighted by Gasteiger charge is 2.19. The van der Waals surface area contributed by atoms with Crippen molar-refractivity contribution in [1.82, 2.24) is 15.2 Å². The lowest BCUT2D eigenvalue weighted by Gasteiger charge is -2.08. The normalized spacial score (nSPS) is 11.3. The number of aryl methyl sites for hydroxylation is 3. The highest BCUT2D eigenvalue weighted by Crippen LogP contribution is 2.33. The Morgan fingerprint density at radius 3 is 2.32 bits per heavy atom. The summed E-state index contributed by atoms with van der Waals surface area (Å²) in [6.07, 6.45) is 0. The number of carboxylic acid groups (broad SMARTS) is 1. The summed E-state index contributed by atoms with van der Waals surface area (Å²) < 4.78 is 1.62. The van der Waals surface area contributed by atoms with E-state index in [4.69, 9.17) is 17.3 Å². The van der Waals surface area contributed by atoms with Crippen LogP contribution in [0.5, 0.6) is 5.75 Å². The second kappa shape index (κ2) is 8.97. The summed E-state index contributed by atoms with van der Waals surface area (Å²) in [4.78, 5) is 10.9. The molecule has 0 radical (unpaired) electrons. The van der Waals surface area contributed by atoms with Crippen LogP contribution in [0.15, 0.2) is 47.6 Å². The maximum absolute atomic E-state index is 10.9. The predicted molar refractivity (Wildman–Crippen MR) is 125 cm³/mol. The molecule has 2 aromatic carbocycles. The fourth-order valence-corrected chi connectivity index (χ4v) is 3.40. The number of aromatic hydroxyl groups is 1. The van der Waals surface area contributed by atoms with Gasteiger partial charge in [-0.1, -0.05) is 17.2 Å². The maximum atomic E-state index is 10.9. The van der Waals surface area contributed by atoms with Crippen LogP contribution >= 0.6 is 12.2 Å². The topological polar surface area (TPSA) is 112 Å². The number of rotatable bonds is 5. The average Bonchev–Trinajstić information content (AvgIpc) is 3.00. The Balaban J connectivity index is 1.76. The third-order valence-electron chi connectivity index (χ3n) is 4.57. The van der Waals surface area contributed by atoms with E-state index < -0.39 is 5.97 Å². The van der Waals surface area contributed by atoms with Crippen LogP contribution in [0.25, 0.3) is 11.3 Å². The molecule has 0 bridgehead atoms. The summed E-state index contributed by atoms with van der Waals surface area (Å²) in [5.74, 6) is -0.957. The number of aromatic nitrogens is 2. The number of carbonyl (C=O) groups is 1. The molecule has 0 aliphatic heterocycles. The maximum Gasteiger partial charge on any atom is 0.335 e. The van der Waals surface area contributed by atoms with Gasteiger partial charge in [-0.25, -0.2) is 4.79 Å². The van der Waals surface area contributed by atoms with Crippen LogP contribution in [-0.2, 0) is 7.05 Å². The van der Waals surface area contributed by atoms with E-state index in [2.05, 4.69) is 27.0 Å². The van der Waals surface area contributed by atoms with Crippen LogP contribution < -0.4 is 10.7 Å². The number of hydrazone groups is 1. The molecule has 0 fully saturated rings. The molecule has 1 heterocycles. The molecule has 3 rings (SSSR count). The van der Waals surface area contributed by atoms with Crippen molar-refractivity contribution in [3.63, 3.8) is 0 Å². The van der Waals surface area contributed by atoms with Crippen LogP contribution in [0.4, 0.5) is 5.69 Å². The van der Waals surface area contributed by atoms with Crippen molar-refractivity contribution in [3.05, 3.63) is 64.8 Å². The van der Waals surface area contributed by atoms with Gasteiger partial charge in [0, 0.05) is 18.3 Å². The molecule has 0 unspecified atom stereocenters. The van der Waals surface area contributed by atoms with Gasteiger partial charge in [0.05, 0.1) is 11.3 Å². The summed E-state index contributed by atoms with van der Waals surface area (Å²) >= 11 is 5.22. The SMILES string of the molecule is C/C(=N\NC(=S)Nc1ccc(C(=O)O)cc1)c1nn(C)c(-c2cc(C)cc(C)c2)c1O. The molecule has 9 heteroatoms. The first-order valence-electron chi connectivity index (χ1n) is 9.45. The summed E-state index contributed by atoms with van der Waals surface area (Å²) in [6.45, 7) is 5.72. The van der Waals surface area contributed by atoms with Gasteiger partial charge in [-0.3, -0.25) is 10.1 Å². The highest BCUT2D eigenvalue weighted by molar-refractivity contribution is 7.80. The quantitative estimate of drug-likeness (QED) is 0.273. The molecule has 1 aromatic heterocycles.